The lowest BCUT2D eigenvalue weighted by atomic mass is 10.0. The lowest BCUT2D eigenvalue weighted by Gasteiger charge is -2.12. The van der Waals surface area contributed by atoms with Crippen LogP contribution in [0.4, 0.5) is 0 Å². The third kappa shape index (κ3) is 10.5. The minimum Gasteiger partial charge on any atom is -0.392 e. The van der Waals surface area contributed by atoms with Gasteiger partial charge in [-0.2, -0.15) is 0 Å². The Morgan fingerprint density at radius 3 is 1.97 bits per heavy atom. The van der Waals surface area contributed by atoms with Crippen LogP contribution in [0, 0.1) is 0 Å². The summed E-state index contributed by atoms with van der Waals surface area (Å²) in [4.78, 5) is 19.2. The molecule has 10 rings (SSSR count). The number of rotatable bonds is 9. The van der Waals surface area contributed by atoms with Crippen LogP contribution < -0.4 is 5.32 Å². The number of allylic oxidation sites excluding steroid dienone is 3. The van der Waals surface area contributed by atoms with Gasteiger partial charge in [-0.3, -0.25) is 4.99 Å². The first-order valence-electron chi connectivity index (χ1n) is 23.3. The molecule has 0 fully saturated rings. The Hall–Kier alpha value is -8.42. The number of hydrogen-bond acceptors (Lipinski definition) is 3. The lowest BCUT2D eigenvalue weighted by molar-refractivity contribution is 0.991. The van der Waals surface area contributed by atoms with Gasteiger partial charge in [0.05, 0.1) is 28.8 Å². The second-order valence-electron chi connectivity index (χ2n) is 15.3. The highest BCUT2D eigenvalue weighted by atomic mass is 15.0. The molecule has 0 saturated carbocycles. The number of para-hydroxylation sites is 2. The third-order valence-electron chi connectivity index (χ3n) is 11.3. The fraction of sp³-hybridized carbons (Fsp3) is 0.115. The Labute approximate surface area is 400 Å². The number of aliphatic imine (C=N–C) groups is 3. The van der Waals surface area contributed by atoms with Crippen molar-refractivity contribution in [3.05, 3.63) is 236 Å². The van der Waals surface area contributed by atoms with E-state index < -0.39 is 0 Å². The van der Waals surface area contributed by atoms with E-state index in [0.29, 0.717) is 23.9 Å². The van der Waals surface area contributed by atoms with Crippen molar-refractivity contribution < 1.29 is 0 Å². The van der Waals surface area contributed by atoms with Crippen LogP contribution in [0.25, 0.3) is 66.1 Å². The van der Waals surface area contributed by atoms with E-state index in [0.717, 1.165) is 45.0 Å². The molecule has 0 saturated heterocycles. The number of nitrogens with one attached hydrogen (secondary N) is 1. The maximum Gasteiger partial charge on any atom is 0.179 e. The second kappa shape index (κ2) is 23.2. The van der Waals surface area contributed by atoms with Crippen molar-refractivity contribution in [2.24, 2.45) is 15.0 Å². The summed E-state index contributed by atoms with van der Waals surface area (Å²) in [6.07, 6.45) is 5.83. The van der Waals surface area contributed by atoms with Crippen LogP contribution in [0.3, 0.4) is 0 Å². The molecular weight excluding hydrogens is 831 g/mol. The topological polar surface area (TPSA) is 71.9 Å². The standard InChI is InChI=1S/C51H36N6.C6H11N.2C2H6/c1-52-51(55-50(37-16-7-3-8-17-37)53-34-35-14-5-2-6-15-35)46-22-13-21-45(54-46)36-24-27-41(28-25-36)57-47-23-12-11-20-42(47)43-29-26-38-33-48-39(32-44(38)49(43)57)30-31-56(48)40-18-9-4-10-19-40;1-4-5-6(2)7-3;2*1-2/h2-33H,1,34H2;4-5,7H,1H2,2-3H3;2*1-2H3/b;6-5+;;. The monoisotopic (exact) mass is 889 g/mol. The van der Waals surface area contributed by atoms with Gasteiger partial charge in [-0.25, -0.2) is 15.0 Å². The number of benzene rings is 7. The van der Waals surface area contributed by atoms with Crippen molar-refractivity contribution in [3.63, 3.8) is 0 Å². The molecule has 7 heteroatoms. The molecule has 1 N–H and O–H groups in total. The number of aromatic nitrogens is 3. The van der Waals surface area contributed by atoms with Gasteiger partial charge in [0.2, 0.25) is 0 Å². The van der Waals surface area contributed by atoms with Gasteiger partial charge in [-0.05, 0) is 91.3 Å². The molecule has 0 aliphatic rings. The van der Waals surface area contributed by atoms with Gasteiger partial charge in [-0.15, -0.1) is 0 Å². The summed E-state index contributed by atoms with van der Waals surface area (Å²) in [6.45, 7) is 17.9. The first kappa shape index (κ1) is 47.5. The number of pyridine rings is 1. The fourth-order valence-corrected chi connectivity index (χ4v) is 8.06. The minimum absolute atomic E-state index is 0.412. The van der Waals surface area contributed by atoms with Crippen LogP contribution in [0.15, 0.2) is 234 Å². The van der Waals surface area contributed by atoms with Crippen LogP contribution in [-0.2, 0) is 6.54 Å². The van der Waals surface area contributed by atoms with E-state index in [1.807, 2.05) is 114 Å². The van der Waals surface area contributed by atoms with E-state index in [-0.39, 0.29) is 0 Å². The Morgan fingerprint density at radius 1 is 0.618 bits per heavy atom. The Kier molecular flexibility index (Phi) is 16.2. The molecule has 0 amide bonds. The lowest BCUT2D eigenvalue weighted by Crippen LogP contribution is -2.07. The van der Waals surface area contributed by atoms with Crippen molar-refractivity contribution in [1.82, 2.24) is 19.4 Å². The van der Waals surface area contributed by atoms with E-state index in [1.165, 1.54) is 38.0 Å². The fourth-order valence-electron chi connectivity index (χ4n) is 8.06. The van der Waals surface area contributed by atoms with Crippen molar-refractivity contribution in [1.29, 1.82) is 0 Å². The zero-order valence-electron chi connectivity index (χ0n) is 39.9. The first-order valence-corrected chi connectivity index (χ1v) is 23.3. The molecule has 0 aliphatic heterocycles. The predicted octanol–water partition coefficient (Wildman–Crippen LogP) is 15.4. The number of fused-ring (bicyclic) bond motifs is 6. The molecule has 7 nitrogen and oxygen atoms in total. The Balaban J connectivity index is 0.000000567. The van der Waals surface area contributed by atoms with E-state index in [1.54, 1.807) is 6.08 Å². The largest absolute Gasteiger partial charge is 0.392 e. The quantitative estimate of drug-likeness (QED) is 0.0891. The number of amidine groups is 2. The predicted molar refractivity (Wildman–Crippen MR) is 293 cm³/mol. The van der Waals surface area contributed by atoms with Crippen molar-refractivity contribution in [3.8, 4) is 22.6 Å². The summed E-state index contributed by atoms with van der Waals surface area (Å²) in [5, 5.41) is 9.02. The van der Waals surface area contributed by atoms with Crippen LogP contribution >= 0.6 is 0 Å². The molecule has 7 aromatic carbocycles. The van der Waals surface area contributed by atoms with Gasteiger partial charge in [0.15, 0.2) is 11.7 Å². The highest BCUT2D eigenvalue weighted by molar-refractivity contribution is 6.20. The molecule has 338 valence electrons. The number of nitrogens with zero attached hydrogens (tertiary/aromatic N) is 6. The van der Waals surface area contributed by atoms with Crippen LogP contribution in [0.5, 0.6) is 0 Å². The van der Waals surface area contributed by atoms with Crippen molar-refractivity contribution in [2.75, 3.05) is 7.05 Å². The maximum absolute atomic E-state index is 5.04. The minimum atomic E-state index is 0.412. The Morgan fingerprint density at radius 2 is 1.29 bits per heavy atom. The van der Waals surface area contributed by atoms with Crippen molar-refractivity contribution in [2.45, 2.75) is 41.2 Å². The van der Waals surface area contributed by atoms with E-state index >= 15 is 0 Å². The molecule has 0 radical (unpaired) electrons. The van der Waals surface area contributed by atoms with E-state index in [4.69, 9.17) is 15.0 Å². The van der Waals surface area contributed by atoms with Gasteiger partial charge < -0.3 is 14.5 Å². The molecule has 10 aromatic rings. The SMILES string of the molecule is C=C/C=C(\C)NC.C=NC(=NC(=NCc1ccccc1)c1ccccc1)c1cccc(-c2ccc(-n3c4ccccc4c4ccc5cc6c(ccn6-c6ccccc6)cc5c43)cc2)n1.CC.CC. The summed E-state index contributed by atoms with van der Waals surface area (Å²) in [7, 11) is 1.88. The molecule has 3 heterocycles. The van der Waals surface area contributed by atoms with E-state index in [2.05, 4.69) is 160 Å². The van der Waals surface area contributed by atoms with Gasteiger partial charge in [0.1, 0.15) is 5.69 Å². The summed E-state index contributed by atoms with van der Waals surface area (Å²) in [6, 6.07) is 65.2. The zero-order chi connectivity index (χ0) is 47.8. The van der Waals surface area contributed by atoms with Crippen LogP contribution in [0.2, 0.25) is 0 Å². The highest BCUT2D eigenvalue weighted by Gasteiger charge is 2.17. The van der Waals surface area contributed by atoms with Gasteiger partial charge in [0, 0.05) is 63.0 Å². The Bertz CT molecular complexity index is 3360. The molecule has 0 atom stereocenters. The molecule has 68 heavy (non-hydrogen) atoms. The van der Waals surface area contributed by atoms with Gasteiger partial charge >= 0.3 is 0 Å². The first-order chi connectivity index (χ1) is 33.5. The molecule has 0 aliphatic carbocycles. The highest BCUT2D eigenvalue weighted by Crippen LogP contribution is 2.39. The molecule has 0 spiro atoms. The molecule has 0 unspecified atom stereocenters. The van der Waals surface area contributed by atoms with Gasteiger partial charge in [-0.1, -0.05) is 168 Å². The second-order valence-corrected chi connectivity index (χ2v) is 15.3. The summed E-state index contributed by atoms with van der Waals surface area (Å²) >= 11 is 0. The van der Waals surface area contributed by atoms with Gasteiger partial charge in [0.25, 0.3) is 0 Å². The zero-order valence-corrected chi connectivity index (χ0v) is 39.9. The summed E-state index contributed by atoms with van der Waals surface area (Å²) in [5.41, 5.74) is 11.3. The normalized spacial score (nSPS) is 11.5. The molecule has 0 bridgehead atoms. The average molecular weight is 890 g/mol. The summed E-state index contributed by atoms with van der Waals surface area (Å²) in [5.74, 6) is 0.987. The molecule has 3 aromatic heterocycles. The number of hydrogen-bond donors (Lipinski definition) is 1. The van der Waals surface area contributed by atoms with Crippen molar-refractivity contribution >= 4 is 61.9 Å². The summed E-state index contributed by atoms with van der Waals surface area (Å²) < 4.78 is 4.66. The van der Waals surface area contributed by atoms with Crippen LogP contribution in [0.1, 0.15) is 51.4 Å². The third-order valence-corrected chi connectivity index (χ3v) is 11.3. The average Bonchev–Trinajstić information content (AvgIpc) is 3.99. The smallest absolute Gasteiger partial charge is 0.179 e. The van der Waals surface area contributed by atoms with E-state index in [9.17, 15) is 0 Å². The van der Waals surface area contributed by atoms with Crippen LogP contribution in [-0.4, -0.2) is 39.6 Å². The maximum atomic E-state index is 5.04. The molecular formula is C61H59N7.